The maximum absolute atomic E-state index is 10.4. The van der Waals surface area contributed by atoms with E-state index >= 15 is 0 Å². The molecule has 0 radical (unpaired) electrons. The van der Waals surface area contributed by atoms with Crippen molar-refractivity contribution in [1.82, 2.24) is 9.97 Å². The zero-order chi connectivity index (χ0) is 9.26. The number of carbonyl (C=O) groups excluding carboxylic acids is 1. The molecule has 0 N–H and O–H groups in total. The zero-order valence-corrected chi connectivity index (χ0v) is 10.0. The van der Waals surface area contributed by atoms with Gasteiger partial charge in [-0.15, -0.1) is 22.7 Å². The summed E-state index contributed by atoms with van der Waals surface area (Å²) in [7, 11) is 0. The van der Waals surface area contributed by atoms with E-state index in [1.54, 1.807) is 23.7 Å². The van der Waals surface area contributed by atoms with Crippen molar-refractivity contribution in [2.24, 2.45) is 0 Å². The average molecular weight is 322 g/mol. The molecule has 0 bridgehead atoms. The van der Waals surface area contributed by atoms with Gasteiger partial charge in [0.05, 0.1) is 14.0 Å². The molecular formula is C7H3IN2OS2. The number of nitrogens with zero attached hydrogens (tertiary/aromatic N) is 2. The van der Waals surface area contributed by atoms with E-state index in [0.717, 1.165) is 19.2 Å². The van der Waals surface area contributed by atoms with Gasteiger partial charge in [0.2, 0.25) is 0 Å². The fraction of sp³-hybridized carbons (Fsp3) is 0. The number of halogens is 1. The van der Waals surface area contributed by atoms with Crippen LogP contribution in [0, 0.1) is 2.88 Å². The van der Waals surface area contributed by atoms with Crippen LogP contribution < -0.4 is 0 Å². The zero-order valence-electron chi connectivity index (χ0n) is 6.23. The first kappa shape index (κ1) is 9.22. The molecule has 0 aliphatic carbocycles. The van der Waals surface area contributed by atoms with Crippen molar-refractivity contribution in [3.05, 3.63) is 20.2 Å². The lowest BCUT2D eigenvalue weighted by Gasteiger charge is -1.82. The molecule has 0 fully saturated rings. The normalized spacial score (nSPS) is 10.2. The van der Waals surface area contributed by atoms with Crippen LogP contribution in [0.2, 0.25) is 0 Å². The SMILES string of the molecule is O=Cc1cnc(-c2ncc(I)s2)s1. The Balaban J connectivity index is 2.40. The van der Waals surface area contributed by atoms with E-state index in [1.807, 2.05) is 0 Å². The Labute approximate surface area is 96.0 Å². The van der Waals surface area contributed by atoms with Crippen molar-refractivity contribution in [3.63, 3.8) is 0 Å². The maximum atomic E-state index is 10.4. The molecule has 2 heterocycles. The Morgan fingerprint density at radius 1 is 1.23 bits per heavy atom. The molecule has 0 spiro atoms. The molecule has 2 rings (SSSR count). The van der Waals surface area contributed by atoms with Crippen molar-refractivity contribution in [2.45, 2.75) is 0 Å². The van der Waals surface area contributed by atoms with Gasteiger partial charge in [-0.2, -0.15) is 0 Å². The van der Waals surface area contributed by atoms with E-state index < -0.39 is 0 Å². The molecule has 0 aromatic carbocycles. The lowest BCUT2D eigenvalue weighted by molar-refractivity contribution is 0.112. The van der Waals surface area contributed by atoms with E-state index in [-0.39, 0.29) is 0 Å². The fourth-order valence-electron chi connectivity index (χ4n) is 0.793. The summed E-state index contributed by atoms with van der Waals surface area (Å²) < 4.78 is 1.12. The monoisotopic (exact) mass is 322 g/mol. The third-order valence-electron chi connectivity index (χ3n) is 1.30. The van der Waals surface area contributed by atoms with E-state index in [1.165, 1.54) is 11.3 Å². The topological polar surface area (TPSA) is 42.9 Å². The molecule has 3 nitrogen and oxygen atoms in total. The van der Waals surface area contributed by atoms with Gasteiger partial charge in [0.15, 0.2) is 16.3 Å². The summed E-state index contributed by atoms with van der Waals surface area (Å²) in [4.78, 5) is 19.3. The van der Waals surface area contributed by atoms with Crippen LogP contribution in [0.4, 0.5) is 0 Å². The van der Waals surface area contributed by atoms with Gasteiger partial charge in [0, 0.05) is 6.20 Å². The summed E-state index contributed by atoms with van der Waals surface area (Å²) in [5.74, 6) is 0. The van der Waals surface area contributed by atoms with Gasteiger partial charge in [-0.05, 0) is 22.6 Å². The van der Waals surface area contributed by atoms with Crippen LogP contribution in [0.3, 0.4) is 0 Å². The first-order chi connectivity index (χ1) is 6.29. The van der Waals surface area contributed by atoms with Crippen molar-refractivity contribution in [3.8, 4) is 10.0 Å². The number of rotatable bonds is 2. The highest BCUT2D eigenvalue weighted by Crippen LogP contribution is 2.28. The van der Waals surface area contributed by atoms with E-state index in [9.17, 15) is 4.79 Å². The van der Waals surface area contributed by atoms with Crippen LogP contribution in [0.15, 0.2) is 12.4 Å². The molecule has 0 saturated heterocycles. The molecule has 0 aliphatic heterocycles. The molecule has 0 unspecified atom stereocenters. The molecule has 0 atom stereocenters. The first-order valence-corrected chi connectivity index (χ1v) is 6.03. The highest BCUT2D eigenvalue weighted by Gasteiger charge is 2.07. The van der Waals surface area contributed by atoms with Crippen molar-refractivity contribution in [2.75, 3.05) is 0 Å². The molecule has 66 valence electrons. The summed E-state index contributed by atoms with van der Waals surface area (Å²) in [6.07, 6.45) is 4.17. The van der Waals surface area contributed by atoms with Crippen LogP contribution in [-0.4, -0.2) is 16.3 Å². The second-order valence-electron chi connectivity index (χ2n) is 2.16. The molecule has 2 aromatic heterocycles. The van der Waals surface area contributed by atoms with E-state index in [0.29, 0.717) is 4.88 Å². The lowest BCUT2D eigenvalue weighted by Crippen LogP contribution is -1.68. The van der Waals surface area contributed by atoms with Crippen LogP contribution in [0.25, 0.3) is 10.0 Å². The molecule has 13 heavy (non-hydrogen) atoms. The number of aldehydes is 1. The second-order valence-corrected chi connectivity index (χ2v) is 6.14. The predicted octanol–water partition coefficient (Wildman–Crippen LogP) is 2.68. The summed E-state index contributed by atoms with van der Waals surface area (Å²) >= 11 is 5.14. The average Bonchev–Trinajstić information content (AvgIpc) is 2.71. The molecular weight excluding hydrogens is 319 g/mol. The summed E-state index contributed by atoms with van der Waals surface area (Å²) in [6.45, 7) is 0. The molecule has 6 heteroatoms. The van der Waals surface area contributed by atoms with Crippen LogP contribution in [-0.2, 0) is 0 Å². The fourth-order valence-corrected chi connectivity index (χ4v) is 2.97. The van der Waals surface area contributed by atoms with Crippen molar-refractivity contribution < 1.29 is 4.79 Å². The first-order valence-electron chi connectivity index (χ1n) is 3.32. The van der Waals surface area contributed by atoms with E-state index in [2.05, 4.69) is 32.6 Å². The van der Waals surface area contributed by atoms with E-state index in [4.69, 9.17) is 0 Å². The Kier molecular flexibility index (Phi) is 2.70. The lowest BCUT2D eigenvalue weighted by atomic mass is 10.6. The second kappa shape index (κ2) is 3.81. The molecule has 2 aromatic rings. The van der Waals surface area contributed by atoms with Gasteiger partial charge in [-0.25, -0.2) is 9.97 Å². The summed E-state index contributed by atoms with van der Waals surface area (Å²) in [6, 6.07) is 0. The highest BCUT2D eigenvalue weighted by molar-refractivity contribution is 14.1. The minimum absolute atomic E-state index is 0.639. The summed E-state index contributed by atoms with van der Waals surface area (Å²) in [5.41, 5.74) is 0. The number of hydrogen-bond donors (Lipinski definition) is 0. The standard InChI is InChI=1S/C7H3IN2OS2/c8-5-2-10-7(13-5)6-9-1-4(3-11)12-6/h1-3H. The van der Waals surface area contributed by atoms with Crippen molar-refractivity contribution in [1.29, 1.82) is 0 Å². The third kappa shape index (κ3) is 1.94. The number of hydrogen-bond acceptors (Lipinski definition) is 5. The third-order valence-corrected chi connectivity index (χ3v) is 4.09. The minimum Gasteiger partial charge on any atom is -0.297 e. The van der Waals surface area contributed by atoms with Crippen LogP contribution in [0.5, 0.6) is 0 Å². The van der Waals surface area contributed by atoms with Gasteiger partial charge in [-0.1, -0.05) is 0 Å². The maximum Gasteiger partial charge on any atom is 0.161 e. The minimum atomic E-state index is 0.639. The molecule has 0 saturated carbocycles. The number of thiazole rings is 2. The highest BCUT2D eigenvalue weighted by atomic mass is 127. The Morgan fingerprint density at radius 2 is 1.92 bits per heavy atom. The largest absolute Gasteiger partial charge is 0.297 e. The molecule has 0 aliphatic rings. The van der Waals surface area contributed by atoms with Crippen LogP contribution in [0.1, 0.15) is 9.67 Å². The van der Waals surface area contributed by atoms with Gasteiger partial charge < -0.3 is 0 Å². The Bertz CT molecular complexity index is 437. The quantitative estimate of drug-likeness (QED) is 0.631. The van der Waals surface area contributed by atoms with Gasteiger partial charge in [0.1, 0.15) is 0 Å². The molecule has 0 amide bonds. The van der Waals surface area contributed by atoms with Gasteiger partial charge in [0.25, 0.3) is 0 Å². The predicted molar refractivity (Wildman–Crippen MR) is 61.3 cm³/mol. The van der Waals surface area contributed by atoms with Gasteiger partial charge >= 0.3 is 0 Å². The smallest absolute Gasteiger partial charge is 0.161 e. The Hall–Kier alpha value is -0.340. The Morgan fingerprint density at radius 3 is 2.46 bits per heavy atom. The number of carbonyl (C=O) groups is 1. The van der Waals surface area contributed by atoms with Crippen LogP contribution >= 0.6 is 45.3 Å². The summed E-state index contributed by atoms with van der Waals surface area (Å²) in [5, 5.41) is 1.69. The van der Waals surface area contributed by atoms with Crippen molar-refractivity contribution >= 4 is 51.6 Å². The van der Waals surface area contributed by atoms with Gasteiger partial charge in [-0.3, -0.25) is 4.79 Å². The number of aromatic nitrogens is 2.